The van der Waals surface area contributed by atoms with E-state index in [0.29, 0.717) is 23.5 Å². The Kier molecular flexibility index (Phi) is 4.97. The van der Waals surface area contributed by atoms with Crippen LogP contribution in [0.1, 0.15) is 72.1 Å². The highest BCUT2D eigenvalue weighted by molar-refractivity contribution is 5.83. The quantitative estimate of drug-likeness (QED) is 0.731. The fraction of sp³-hybridized carbons (Fsp3) is 0.842. The number of rotatable bonds is 6. The molecular weight excluding hydrogens is 260 g/mol. The average molecular weight is 292 g/mol. The zero-order chi connectivity index (χ0) is 15.7. The molecule has 0 aromatic heterocycles. The molecule has 2 nitrogen and oxygen atoms in total. The van der Waals surface area contributed by atoms with Crippen LogP contribution in [-0.4, -0.2) is 16.5 Å². The number of fused-ring (bicyclic) bond motifs is 1. The molecule has 2 rings (SSSR count). The second-order valence-electron chi connectivity index (χ2n) is 8.17. The maximum atomic E-state index is 12.2. The first-order valence-electron chi connectivity index (χ1n) is 8.65. The molecule has 0 aliphatic heterocycles. The molecular formula is C19H32O2. The van der Waals surface area contributed by atoms with Crippen molar-refractivity contribution in [1.82, 2.24) is 0 Å². The maximum Gasteiger partial charge on any atom is 0.136 e. The molecule has 0 saturated heterocycles. The summed E-state index contributed by atoms with van der Waals surface area (Å²) in [4.78, 5) is 12.2. The van der Waals surface area contributed by atoms with Crippen molar-refractivity contribution in [2.45, 2.75) is 77.7 Å². The Morgan fingerprint density at radius 1 is 1.48 bits per heavy atom. The first kappa shape index (κ1) is 16.7. The highest BCUT2D eigenvalue weighted by Gasteiger charge is 2.52. The van der Waals surface area contributed by atoms with Crippen molar-refractivity contribution in [3.05, 3.63) is 12.7 Å². The van der Waals surface area contributed by atoms with Gasteiger partial charge < -0.3 is 5.11 Å². The van der Waals surface area contributed by atoms with E-state index >= 15 is 0 Å². The molecule has 0 spiro atoms. The van der Waals surface area contributed by atoms with E-state index in [2.05, 4.69) is 19.6 Å². The van der Waals surface area contributed by atoms with Crippen molar-refractivity contribution in [1.29, 1.82) is 0 Å². The fourth-order valence-corrected chi connectivity index (χ4v) is 4.93. The van der Waals surface area contributed by atoms with E-state index in [1.54, 1.807) is 0 Å². The van der Waals surface area contributed by atoms with Gasteiger partial charge in [-0.05, 0) is 69.6 Å². The van der Waals surface area contributed by atoms with Gasteiger partial charge in [0.1, 0.15) is 5.78 Å². The number of carbonyl (C=O) groups excluding carboxylic acids is 1. The van der Waals surface area contributed by atoms with Crippen molar-refractivity contribution in [2.75, 3.05) is 0 Å². The number of allylic oxidation sites excluding steroid dienone is 1. The third-order valence-corrected chi connectivity index (χ3v) is 6.08. The minimum absolute atomic E-state index is 0.197. The van der Waals surface area contributed by atoms with Crippen LogP contribution < -0.4 is 0 Å². The van der Waals surface area contributed by atoms with E-state index in [-0.39, 0.29) is 5.41 Å². The molecule has 2 aliphatic carbocycles. The normalized spacial score (nSPS) is 34.6. The molecule has 0 aromatic carbocycles. The number of ketones is 1. The van der Waals surface area contributed by atoms with Gasteiger partial charge >= 0.3 is 0 Å². The van der Waals surface area contributed by atoms with E-state index in [4.69, 9.17) is 0 Å². The lowest BCUT2D eigenvalue weighted by atomic mass is 9.61. The molecule has 2 fully saturated rings. The predicted octanol–water partition coefficient (Wildman–Crippen LogP) is 4.52. The highest BCUT2D eigenvalue weighted by Crippen LogP contribution is 2.57. The minimum Gasteiger partial charge on any atom is -0.390 e. The summed E-state index contributed by atoms with van der Waals surface area (Å²) in [6.45, 7) is 10.2. The van der Waals surface area contributed by atoms with Gasteiger partial charge in [-0.3, -0.25) is 4.79 Å². The van der Waals surface area contributed by atoms with Gasteiger partial charge in [0.05, 0.1) is 5.60 Å². The third-order valence-electron chi connectivity index (χ3n) is 6.08. The van der Waals surface area contributed by atoms with Crippen molar-refractivity contribution in [2.24, 2.45) is 23.2 Å². The standard InChI is InChI=1S/C19H32O2/c1-5-14(8-6-12-18(2,3)21)15-10-11-16-17(20)9-7-13-19(15,16)4/h5,14-16,21H,1,6-13H2,2-4H3/t14-,15?,16?,19?/m1/s1. The number of hydrogen-bond acceptors (Lipinski definition) is 2. The Bertz CT molecular complexity index is 393. The van der Waals surface area contributed by atoms with Crippen molar-refractivity contribution in [3.63, 3.8) is 0 Å². The van der Waals surface area contributed by atoms with Crippen LogP contribution in [-0.2, 0) is 4.79 Å². The number of hydrogen-bond donors (Lipinski definition) is 1. The van der Waals surface area contributed by atoms with Crippen molar-refractivity contribution in [3.8, 4) is 0 Å². The van der Waals surface area contributed by atoms with Gasteiger partial charge in [0, 0.05) is 12.3 Å². The van der Waals surface area contributed by atoms with Crippen LogP contribution in [0, 0.1) is 23.2 Å². The Labute approximate surface area is 130 Å². The minimum atomic E-state index is -0.575. The second-order valence-corrected chi connectivity index (χ2v) is 8.17. The molecule has 0 heterocycles. The van der Waals surface area contributed by atoms with Gasteiger partial charge in [0.25, 0.3) is 0 Å². The highest BCUT2D eigenvalue weighted by atomic mass is 16.3. The summed E-state index contributed by atoms with van der Waals surface area (Å²) < 4.78 is 0. The maximum absolute atomic E-state index is 12.2. The zero-order valence-electron chi connectivity index (χ0n) is 14.0. The van der Waals surface area contributed by atoms with Crippen LogP contribution in [0.25, 0.3) is 0 Å². The van der Waals surface area contributed by atoms with Gasteiger partial charge in [0.2, 0.25) is 0 Å². The van der Waals surface area contributed by atoms with Crippen LogP contribution >= 0.6 is 0 Å². The largest absolute Gasteiger partial charge is 0.390 e. The van der Waals surface area contributed by atoms with E-state index in [9.17, 15) is 9.90 Å². The molecule has 21 heavy (non-hydrogen) atoms. The lowest BCUT2D eigenvalue weighted by Gasteiger charge is -2.42. The predicted molar refractivity (Wildman–Crippen MR) is 87.0 cm³/mol. The Balaban J connectivity index is 2.01. The van der Waals surface area contributed by atoms with Gasteiger partial charge in [-0.15, -0.1) is 6.58 Å². The van der Waals surface area contributed by atoms with Gasteiger partial charge in [-0.25, -0.2) is 0 Å². The summed E-state index contributed by atoms with van der Waals surface area (Å²) in [6, 6.07) is 0. The Morgan fingerprint density at radius 3 is 2.81 bits per heavy atom. The zero-order valence-corrected chi connectivity index (χ0v) is 14.0. The van der Waals surface area contributed by atoms with Gasteiger partial charge in [-0.2, -0.15) is 0 Å². The third kappa shape index (κ3) is 3.59. The molecule has 4 atom stereocenters. The van der Waals surface area contributed by atoms with Crippen molar-refractivity contribution >= 4 is 5.78 Å². The first-order chi connectivity index (χ1) is 9.78. The summed E-state index contributed by atoms with van der Waals surface area (Å²) in [6.07, 6.45) is 10.4. The van der Waals surface area contributed by atoms with E-state index in [1.165, 1.54) is 12.8 Å². The Morgan fingerprint density at radius 2 is 2.19 bits per heavy atom. The lowest BCUT2D eigenvalue weighted by Crippen LogP contribution is -2.39. The molecule has 0 aromatic rings. The summed E-state index contributed by atoms with van der Waals surface area (Å²) in [7, 11) is 0. The van der Waals surface area contributed by atoms with Crippen molar-refractivity contribution < 1.29 is 9.90 Å². The lowest BCUT2D eigenvalue weighted by molar-refractivity contribution is -0.130. The molecule has 2 heteroatoms. The molecule has 3 unspecified atom stereocenters. The fourth-order valence-electron chi connectivity index (χ4n) is 4.93. The van der Waals surface area contributed by atoms with Crippen LogP contribution in [0.15, 0.2) is 12.7 Å². The smallest absolute Gasteiger partial charge is 0.136 e. The number of aliphatic hydroxyl groups is 1. The summed E-state index contributed by atoms with van der Waals surface area (Å²) in [5.74, 6) is 1.90. The Hall–Kier alpha value is -0.630. The molecule has 0 amide bonds. The topological polar surface area (TPSA) is 37.3 Å². The summed E-state index contributed by atoms with van der Waals surface area (Å²) >= 11 is 0. The van der Waals surface area contributed by atoms with Gasteiger partial charge in [-0.1, -0.05) is 19.4 Å². The van der Waals surface area contributed by atoms with E-state index in [0.717, 1.165) is 38.5 Å². The van der Waals surface area contributed by atoms with E-state index < -0.39 is 5.60 Å². The molecule has 2 saturated carbocycles. The molecule has 0 radical (unpaired) electrons. The number of carbonyl (C=O) groups is 1. The van der Waals surface area contributed by atoms with Crippen LogP contribution in [0.2, 0.25) is 0 Å². The van der Waals surface area contributed by atoms with Crippen LogP contribution in [0.4, 0.5) is 0 Å². The van der Waals surface area contributed by atoms with Crippen LogP contribution in [0.5, 0.6) is 0 Å². The van der Waals surface area contributed by atoms with E-state index in [1.807, 2.05) is 13.8 Å². The van der Waals surface area contributed by atoms with Crippen LogP contribution in [0.3, 0.4) is 0 Å². The monoisotopic (exact) mass is 292 g/mol. The molecule has 120 valence electrons. The second kappa shape index (κ2) is 6.24. The summed E-state index contributed by atoms with van der Waals surface area (Å²) in [5, 5.41) is 9.87. The first-order valence-corrected chi connectivity index (χ1v) is 8.65. The SMILES string of the molecule is C=C[C@H](CCCC(C)(C)O)C1CCC2C(=O)CCCC21C. The average Bonchev–Trinajstić information content (AvgIpc) is 2.72. The van der Waals surface area contributed by atoms with Gasteiger partial charge in [0.15, 0.2) is 0 Å². The molecule has 0 bridgehead atoms. The number of Topliss-reactive ketones (excluding diaryl/α,β-unsaturated/α-hetero) is 1. The summed E-state index contributed by atoms with van der Waals surface area (Å²) in [5.41, 5.74) is -0.377. The molecule has 1 N–H and O–H groups in total. The molecule has 2 aliphatic rings.